The van der Waals surface area contributed by atoms with Gasteiger partial charge in [0.2, 0.25) is 5.91 Å². The molecule has 12 nitrogen and oxygen atoms in total. The van der Waals surface area contributed by atoms with Crippen molar-refractivity contribution < 1.29 is 38.2 Å². The number of para-hydroxylation sites is 1. The Labute approximate surface area is 361 Å². The van der Waals surface area contributed by atoms with E-state index < -0.39 is 34.8 Å². The number of ether oxygens (including phenoxy) is 3. The molecular weight excluding hydrogens is 813 g/mol. The van der Waals surface area contributed by atoms with Gasteiger partial charge in [-0.2, -0.15) is 0 Å². The van der Waals surface area contributed by atoms with Crippen molar-refractivity contribution in [2.24, 2.45) is 0 Å². The number of esters is 1. The number of carbonyl (C=O) groups excluding carboxylic acids is 5. The maximum atomic E-state index is 14.4. The highest BCUT2D eigenvalue weighted by Gasteiger charge is 2.30. The minimum Gasteiger partial charge on any atom is -0.497 e. The number of rotatable bonds is 16. The van der Waals surface area contributed by atoms with E-state index in [4.69, 9.17) is 14.2 Å². The molecule has 0 saturated heterocycles. The first-order valence-corrected chi connectivity index (χ1v) is 20.7. The van der Waals surface area contributed by atoms with Crippen LogP contribution in [0.2, 0.25) is 0 Å². The summed E-state index contributed by atoms with van der Waals surface area (Å²) in [5.41, 5.74) is 2.84. The fourth-order valence-electron chi connectivity index (χ4n) is 6.09. The lowest BCUT2D eigenvalue weighted by atomic mass is 10.1. The van der Waals surface area contributed by atoms with Crippen LogP contribution < -0.4 is 30.7 Å². The molecule has 0 spiro atoms. The number of carbonyl (C=O) groups is 5. The summed E-state index contributed by atoms with van der Waals surface area (Å²) >= 11 is 2.20. The molecule has 61 heavy (non-hydrogen) atoms. The topological polar surface area (TPSA) is 161 Å². The summed E-state index contributed by atoms with van der Waals surface area (Å²) in [7, 11) is 3.02. The number of hydrogen-bond donors (Lipinski definition) is 4. The number of thioether (sulfide) groups is 1. The van der Waals surface area contributed by atoms with Gasteiger partial charge in [0.25, 0.3) is 17.7 Å². The third-order valence-corrected chi connectivity index (χ3v) is 11.5. The number of amides is 4. The number of anilines is 3. The molecule has 1 aromatic heterocycles. The van der Waals surface area contributed by atoms with Crippen LogP contribution in [-0.4, -0.2) is 50.4 Å². The van der Waals surface area contributed by atoms with Crippen molar-refractivity contribution in [3.05, 3.63) is 172 Å². The Morgan fingerprint density at radius 3 is 2.07 bits per heavy atom. The van der Waals surface area contributed by atoms with Crippen LogP contribution in [0, 0.1) is 6.92 Å². The molecule has 14 heteroatoms. The summed E-state index contributed by atoms with van der Waals surface area (Å²) in [6.07, 6.45) is 1.50. The van der Waals surface area contributed by atoms with Gasteiger partial charge in [-0.15, -0.1) is 23.1 Å². The molecule has 1 heterocycles. The molecule has 0 radical (unpaired) electrons. The number of nitrogens with one attached hydrogen (secondary N) is 4. The van der Waals surface area contributed by atoms with E-state index >= 15 is 0 Å². The van der Waals surface area contributed by atoms with Crippen LogP contribution in [0.3, 0.4) is 0 Å². The van der Waals surface area contributed by atoms with E-state index in [1.165, 1.54) is 32.1 Å². The van der Waals surface area contributed by atoms with E-state index in [0.29, 0.717) is 50.0 Å². The molecule has 6 aromatic rings. The Kier molecular flexibility index (Phi) is 14.7. The molecule has 5 aromatic carbocycles. The maximum absolute atomic E-state index is 14.4. The van der Waals surface area contributed by atoms with Gasteiger partial charge in [-0.05, 0) is 91.7 Å². The van der Waals surface area contributed by atoms with E-state index in [2.05, 4.69) is 21.3 Å². The summed E-state index contributed by atoms with van der Waals surface area (Å²) in [4.78, 5) is 69.3. The predicted molar refractivity (Wildman–Crippen MR) is 240 cm³/mol. The maximum Gasteiger partial charge on any atom is 0.341 e. The average Bonchev–Trinajstić information content (AvgIpc) is 3.61. The first-order chi connectivity index (χ1) is 29.6. The Morgan fingerprint density at radius 1 is 0.721 bits per heavy atom. The number of hydrogen-bond acceptors (Lipinski definition) is 10. The molecule has 0 aliphatic heterocycles. The zero-order chi connectivity index (χ0) is 43.3. The zero-order valence-corrected chi connectivity index (χ0v) is 35.3. The van der Waals surface area contributed by atoms with Crippen molar-refractivity contribution in [2.45, 2.75) is 24.0 Å². The minimum atomic E-state index is -0.854. The first-order valence-electron chi connectivity index (χ1n) is 19.0. The second kappa shape index (κ2) is 20.7. The zero-order valence-electron chi connectivity index (χ0n) is 33.6. The SMILES string of the molecule is CCOC(=O)c1c(NC(=O)C(Sc2cccc(NC(=O)/C(=C\c3cc(OC)ccc3OC)NC(=O)c3ccccc3)c2)c2ccccc2)sc(C(=O)Nc2ccccc2)c1C. The largest absolute Gasteiger partial charge is 0.497 e. The van der Waals surface area contributed by atoms with Crippen LogP contribution >= 0.6 is 23.1 Å². The van der Waals surface area contributed by atoms with E-state index in [1.807, 2.05) is 36.4 Å². The van der Waals surface area contributed by atoms with Gasteiger partial charge in [0.15, 0.2) is 0 Å². The third kappa shape index (κ3) is 11.1. The highest BCUT2D eigenvalue weighted by Crippen LogP contribution is 2.40. The summed E-state index contributed by atoms with van der Waals surface area (Å²) in [6, 6.07) is 38.5. The summed E-state index contributed by atoms with van der Waals surface area (Å²) in [6.45, 7) is 3.41. The fraction of sp³-hybridized carbons (Fsp3) is 0.128. The quantitative estimate of drug-likeness (QED) is 0.0423. The van der Waals surface area contributed by atoms with E-state index in [-0.39, 0.29) is 27.7 Å². The van der Waals surface area contributed by atoms with Crippen molar-refractivity contribution in [3.63, 3.8) is 0 Å². The number of benzene rings is 5. The second-order valence-corrected chi connectivity index (χ2v) is 15.4. The normalized spacial score (nSPS) is 11.4. The molecule has 1 atom stereocenters. The lowest BCUT2D eigenvalue weighted by Gasteiger charge is -2.18. The van der Waals surface area contributed by atoms with Crippen LogP contribution in [0.15, 0.2) is 144 Å². The molecule has 4 N–H and O–H groups in total. The van der Waals surface area contributed by atoms with Gasteiger partial charge < -0.3 is 35.5 Å². The molecule has 6 rings (SSSR count). The van der Waals surface area contributed by atoms with Gasteiger partial charge in [-0.25, -0.2) is 4.79 Å². The van der Waals surface area contributed by atoms with Gasteiger partial charge >= 0.3 is 5.97 Å². The molecule has 4 amide bonds. The first kappa shape index (κ1) is 43.4. The Morgan fingerprint density at radius 2 is 1.39 bits per heavy atom. The molecule has 0 saturated carbocycles. The predicted octanol–water partition coefficient (Wildman–Crippen LogP) is 9.38. The minimum absolute atomic E-state index is 0.0690. The summed E-state index contributed by atoms with van der Waals surface area (Å²) in [5, 5.41) is 10.7. The Bertz CT molecular complexity index is 2560. The highest BCUT2D eigenvalue weighted by atomic mass is 32.2. The van der Waals surface area contributed by atoms with Crippen LogP contribution in [0.1, 0.15) is 59.3 Å². The molecule has 1 unspecified atom stereocenters. The van der Waals surface area contributed by atoms with Crippen molar-refractivity contribution in [3.8, 4) is 11.5 Å². The van der Waals surface area contributed by atoms with Crippen LogP contribution in [0.25, 0.3) is 6.08 Å². The molecule has 0 fully saturated rings. The third-order valence-electron chi connectivity index (χ3n) is 9.05. The standard InChI is InChI=1S/C47H42N4O8S2/c1-5-59-47(56)39-29(2)40(44(54)48-33-20-13-8-14-21-33)61-46(39)51-45(55)41(30-16-9-6-10-17-30)60-36-23-15-22-34(28-36)49-43(53)37(50-42(52)31-18-11-7-12-19-31)27-32-26-35(57-3)24-25-38(32)58-4/h6-28,41H,5H2,1-4H3,(H,48,54)(H,49,53)(H,50,52)(H,51,55)/b37-27+. The van der Waals surface area contributed by atoms with Crippen LogP contribution in [0.4, 0.5) is 16.4 Å². The monoisotopic (exact) mass is 854 g/mol. The number of thiophene rings is 1. The van der Waals surface area contributed by atoms with Crippen LogP contribution in [0.5, 0.6) is 11.5 Å². The van der Waals surface area contributed by atoms with Crippen molar-refractivity contribution >= 4 is 75.1 Å². The van der Waals surface area contributed by atoms with Crippen molar-refractivity contribution in [1.29, 1.82) is 0 Å². The number of methoxy groups -OCH3 is 2. The van der Waals surface area contributed by atoms with Gasteiger partial charge in [-0.1, -0.05) is 72.8 Å². The van der Waals surface area contributed by atoms with Gasteiger partial charge in [0.1, 0.15) is 27.4 Å². The summed E-state index contributed by atoms with van der Waals surface area (Å²) in [5.74, 6) is -1.73. The lowest BCUT2D eigenvalue weighted by Crippen LogP contribution is -2.30. The van der Waals surface area contributed by atoms with E-state index in [1.54, 1.807) is 111 Å². The van der Waals surface area contributed by atoms with Gasteiger partial charge in [0.05, 0.1) is 31.3 Å². The fourth-order valence-corrected chi connectivity index (χ4v) is 8.26. The Balaban J connectivity index is 1.28. The molecule has 310 valence electrons. The molecule has 0 bridgehead atoms. The van der Waals surface area contributed by atoms with E-state index in [9.17, 15) is 24.0 Å². The van der Waals surface area contributed by atoms with Crippen LogP contribution in [-0.2, 0) is 14.3 Å². The van der Waals surface area contributed by atoms with E-state index in [0.717, 1.165) is 11.3 Å². The average molecular weight is 855 g/mol. The highest BCUT2D eigenvalue weighted by molar-refractivity contribution is 8.00. The smallest absolute Gasteiger partial charge is 0.341 e. The second-order valence-electron chi connectivity index (χ2n) is 13.2. The Hall–Kier alpha value is -7.16. The van der Waals surface area contributed by atoms with Gasteiger partial charge in [0, 0.05) is 27.4 Å². The van der Waals surface area contributed by atoms with Crippen molar-refractivity contribution in [1.82, 2.24) is 5.32 Å². The van der Waals surface area contributed by atoms with Gasteiger partial charge in [-0.3, -0.25) is 19.2 Å². The molecule has 0 aliphatic carbocycles. The molecular formula is C47H42N4O8S2. The van der Waals surface area contributed by atoms with Crippen molar-refractivity contribution in [2.75, 3.05) is 36.8 Å². The summed E-state index contributed by atoms with van der Waals surface area (Å²) < 4.78 is 16.3. The lowest BCUT2D eigenvalue weighted by molar-refractivity contribution is -0.116. The molecule has 0 aliphatic rings.